The number of ether oxygens (including phenoxy) is 1. The minimum atomic E-state index is -0.131. The first-order valence-corrected chi connectivity index (χ1v) is 5.96. The van der Waals surface area contributed by atoms with E-state index in [1.165, 1.54) is 32.8 Å². The van der Waals surface area contributed by atoms with E-state index in [0.717, 1.165) is 5.92 Å². The second kappa shape index (κ2) is 6.11. The molecule has 88 valence electrons. The van der Waals surface area contributed by atoms with Crippen molar-refractivity contribution in [2.24, 2.45) is 5.92 Å². The van der Waals surface area contributed by atoms with Gasteiger partial charge in [0.05, 0.1) is 13.5 Å². The Bertz CT molecular complexity index is 200. The molecule has 2 atom stereocenters. The molecule has 0 aromatic carbocycles. The summed E-state index contributed by atoms with van der Waals surface area (Å²) >= 11 is 0. The van der Waals surface area contributed by atoms with Gasteiger partial charge in [0, 0.05) is 12.1 Å². The molecule has 0 saturated heterocycles. The van der Waals surface area contributed by atoms with Crippen LogP contribution in [0.15, 0.2) is 0 Å². The minimum absolute atomic E-state index is 0.131. The first-order chi connectivity index (χ1) is 7.13. The molecule has 0 radical (unpaired) electrons. The normalized spacial score (nSPS) is 21.3. The lowest BCUT2D eigenvalue weighted by Gasteiger charge is -2.24. The summed E-state index contributed by atoms with van der Waals surface area (Å²) in [6.07, 6.45) is 5.86. The third-order valence-corrected chi connectivity index (χ3v) is 3.35. The van der Waals surface area contributed by atoms with E-state index in [-0.39, 0.29) is 12.0 Å². The number of carbonyl (C=O) groups is 1. The topological polar surface area (TPSA) is 38.3 Å². The number of methoxy groups -OCH3 is 1. The second-order valence-electron chi connectivity index (χ2n) is 4.68. The molecule has 1 unspecified atom stereocenters. The van der Waals surface area contributed by atoms with Gasteiger partial charge in [0.25, 0.3) is 0 Å². The van der Waals surface area contributed by atoms with Crippen LogP contribution in [0.4, 0.5) is 0 Å². The summed E-state index contributed by atoms with van der Waals surface area (Å²) in [5.41, 5.74) is 0. The summed E-state index contributed by atoms with van der Waals surface area (Å²) in [6, 6.07) is 0.736. The van der Waals surface area contributed by atoms with Crippen LogP contribution in [-0.2, 0) is 9.53 Å². The van der Waals surface area contributed by atoms with E-state index >= 15 is 0 Å². The van der Waals surface area contributed by atoms with Gasteiger partial charge in [0.15, 0.2) is 0 Å². The van der Waals surface area contributed by atoms with Gasteiger partial charge < -0.3 is 10.1 Å². The SMILES string of the molecule is COC(=O)CC(C)N[C@@H](C)C1CCCC1. The fraction of sp³-hybridized carbons (Fsp3) is 0.917. The Morgan fingerprint density at radius 3 is 2.53 bits per heavy atom. The highest BCUT2D eigenvalue weighted by Gasteiger charge is 2.22. The molecule has 15 heavy (non-hydrogen) atoms. The van der Waals surface area contributed by atoms with Crippen LogP contribution in [0.25, 0.3) is 0 Å². The summed E-state index contributed by atoms with van der Waals surface area (Å²) in [5.74, 6) is 0.665. The van der Waals surface area contributed by atoms with Crippen molar-refractivity contribution < 1.29 is 9.53 Å². The Labute approximate surface area is 92.6 Å². The van der Waals surface area contributed by atoms with Crippen LogP contribution in [0, 0.1) is 5.92 Å². The van der Waals surface area contributed by atoms with E-state index in [2.05, 4.69) is 17.0 Å². The van der Waals surface area contributed by atoms with Gasteiger partial charge in [0.2, 0.25) is 0 Å². The summed E-state index contributed by atoms with van der Waals surface area (Å²) in [6.45, 7) is 4.27. The highest BCUT2D eigenvalue weighted by molar-refractivity contribution is 5.69. The van der Waals surface area contributed by atoms with Gasteiger partial charge in [-0.05, 0) is 32.6 Å². The molecule has 1 aliphatic rings. The van der Waals surface area contributed by atoms with Crippen LogP contribution in [0.5, 0.6) is 0 Å². The third-order valence-electron chi connectivity index (χ3n) is 3.35. The molecular weight excluding hydrogens is 190 g/mol. The molecule has 0 bridgehead atoms. The molecule has 0 amide bonds. The maximum atomic E-state index is 11.1. The minimum Gasteiger partial charge on any atom is -0.469 e. The zero-order valence-corrected chi connectivity index (χ0v) is 10.1. The first-order valence-electron chi connectivity index (χ1n) is 5.96. The maximum Gasteiger partial charge on any atom is 0.307 e. The number of hydrogen-bond acceptors (Lipinski definition) is 3. The number of carbonyl (C=O) groups excluding carboxylic acids is 1. The molecule has 0 aromatic heterocycles. The van der Waals surface area contributed by atoms with Crippen molar-refractivity contribution >= 4 is 5.97 Å². The molecule has 1 rings (SSSR count). The van der Waals surface area contributed by atoms with Gasteiger partial charge in [-0.1, -0.05) is 12.8 Å². The molecule has 1 saturated carbocycles. The molecule has 1 fully saturated rings. The summed E-state index contributed by atoms with van der Waals surface area (Å²) in [4.78, 5) is 11.1. The molecular formula is C12H23NO2. The fourth-order valence-corrected chi connectivity index (χ4v) is 2.43. The second-order valence-corrected chi connectivity index (χ2v) is 4.68. The molecule has 1 aliphatic carbocycles. The summed E-state index contributed by atoms with van der Waals surface area (Å²) < 4.78 is 4.65. The molecule has 0 aliphatic heterocycles. The zero-order chi connectivity index (χ0) is 11.3. The predicted octanol–water partition coefficient (Wildman–Crippen LogP) is 2.11. The molecule has 3 nitrogen and oxygen atoms in total. The Morgan fingerprint density at radius 2 is 2.00 bits per heavy atom. The third kappa shape index (κ3) is 4.20. The van der Waals surface area contributed by atoms with E-state index in [4.69, 9.17) is 0 Å². The largest absolute Gasteiger partial charge is 0.469 e. The highest BCUT2D eigenvalue weighted by Crippen LogP contribution is 2.27. The van der Waals surface area contributed by atoms with Crippen LogP contribution < -0.4 is 5.32 Å². The number of rotatable bonds is 5. The number of hydrogen-bond donors (Lipinski definition) is 1. The average molecular weight is 213 g/mol. The summed E-state index contributed by atoms with van der Waals surface area (Å²) in [7, 11) is 1.44. The Hall–Kier alpha value is -0.570. The van der Waals surface area contributed by atoms with Gasteiger partial charge in [-0.3, -0.25) is 4.79 Å². The quantitative estimate of drug-likeness (QED) is 0.711. The van der Waals surface area contributed by atoms with Crippen LogP contribution in [0.3, 0.4) is 0 Å². The maximum absolute atomic E-state index is 11.1. The number of esters is 1. The van der Waals surface area contributed by atoms with E-state index in [0.29, 0.717) is 12.5 Å². The standard InChI is InChI=1S/C12H23NO2/c1-9(8-12(14)15-3)13-10(2)11-6-4-5-7-11/h9-11,13H,4-8H2,1-3H3/t9?,10-/m0/s1. The smallest absolute Gasteiger partial charge is 0.307 e. The van der Waals surface area contributed by atoms with Crippen molar-refractivity contribution in [3.8, 4) is 0 Å². The Balaban J connectivity index is 2.23. The molecule has 0 spiro atoms. The van der Waals surface area contributed by atoms with Gasteiger partial charge in [0.1, 0.15) is 0 Å². The van der Waals surface area contributed by atoms with E-state index in [1.54, 1.807) is 0 Å². The van der Waals surface area contributed by atoms with E-state index in [1.807, 2.05) is 6.92 Å². The van der Waals surface area contributed by atoms with Crippen LogP contribution in [0.2, 0.25) is 0 Å². The van der Waals surface area contributed by atoms with Gasteiger partial charge in [-0.25, -0.2) is 0 Å². The van der Waals surface area contributed by atoms with Crippen LogP contribution >= 0.6 is 0 Å². The monoisotopic (exact) mass is 213 g/mol. The van der Waals surface area contributed by atoms with E-state index in [9.17, 15) is 4.79 Å². The first kappa shape index (κ1) is 12.5. The van der Waals surface area contributed by atoms with Crippen molar-refractivity contribution in [1.82, 2.24) is 5.32 Å². The van der Waals surface area contributed by atoms with Gasteiger partial charge >= 0.3 is 5.97 Å². The number of nitrogens with one attached hydrogen (secondary N) is 1. The lowest BCUT2D eigenvalue weighted by Crippen LogP contribution is -2.39. The van der Waals surface area contributed by atoms with Gasteiger partial charge in [-0.15, -0.1) is 0 Å². The van der Waals surface area contributed by atoms with Crippen molar-refractivity contribution in [3.05, 3.63) is 0 Å². The summed E-state index contributed by atoms with van der Waals surface area (Å²) in [5, 5.41) is 3.49. The molecule has 0 aromatic rings. The molecule has 0 heterocycles. The van der Waals surface area contributed by atoms with E-state index < -0.39 is 0 Å². The van der Waals surface area contributed by atoms with Crippen molar-refractivity contribution in [1.29, 1.82) is 0 Å². The Kier molecular flexibility index (Phi) is 5.09. The van der Waals surface area contributed by atoms with Crippen LogP contribution in [-0.4, -0.2) is 25.2 Å². The zero-order valence-electron chi connectivity index (χ0n) is 10.1. The predicted molar refractivity (Wildman–Crippen MR) is 60.7 cm³/mol. The van der Waals surface area contributed by atoms with Crippen molar-refractivity contribution in [3.63, 3.8) is 0 Å². The molecule has 1 N–H and O–H groups in total. The van der Waals surface area contributed by atoms with Gasteiger partial charge in [-0.2, -0.15) is 0 Å². The highest BCUT2D eigenvalue weighted by atomic mass is 16.5. The lowest BCUT2D eigenvalue weighted by molar-refractivity contribution is -0.141. The lowest BCUT2D eigenvalue weighted by atomic mass is 9.99. The van der Waals surface area contributed by atoms with Crippen molar-refractivity contribution in [2.45, 2.75) is 58.0 Å². The average Bonchev–Trinajstić information content (AvgIpc) is 2.70. The molecule has 3 heteroatoms. The van der Waals surface area contributed by atoms with Crippen molar-refractivity contribution in [2.75, 3.05) is 7.11 Å². The fourth-order valence-electron chi connectivity index (χ4n) is 2.43. The van der Waals surface area contributed by atoms with Crippen LogP contribution in [0.1, 0.15) is 46.0 Å². The Morgan fingerprint density at radius 1 is 1.40 bits per heavy atom.